The molecule has 4 heteroatoms. The van der Waals surface area contributed by atoms with E-state index in [-0.39, 0.29) is 28.5 Å². The van der Waals surface area contributed by atoms with E-state index < -0.39 is 0 Å². The molecule has 0 spiro atoms. The van der Waals surface area contributed by atoms with Crippen molar-refractivity contribution in [3.63, 3.8) is 0 Å². The first-order valence-corrected chi connectivity index (χ1v) is 27.9. The lowest BCUT2D eigenvalue weighted by Crippen LogP contribution is -2.61. The Morgan fingerprint density at radius 2 is 1.03 bits per heavy atom. The van der Waals surface area contributed by atoms with E-state index in [4.69, 9.17) is 0 Å². The third kappa shape index (κ3) is 7.45. The molecule has 1 saturated carbocycles. The summed E-state index contributed by atoms with van der Waals surface area (Å²) in [4.78, 5) is 8.01. The Labute approximate surface area is 453 Å². The fraction of sp³-hybridized carbons (Fsp3) is 0.250. The Hall–Kier alpha value is -7.56. The maximum absolute atomic E-state index is 2.78. The highest BCUT2D eigenvalue weighted by Crippen LogP contribution is 2.62. The molecule has 1 aliphatic carbocycles. The number of hydrogen-bond donors (Lipinski definition) is 0. The zero-order valence-corrected chi connectivity index (χ0v) is 46.2. The molecular formula is C72H70BN3. The highest BCUT2D eigenvalue weighted by Gasteiger charge is 2.58. The van der Waals surface area contributed by atoms with Gasteiger partial charge in [0.05, 0.1) is 11.2 Å². The first kappa shape index (κ1) is 48.1. The van der Waals surface area contributed by atoms with Crippen LogP contribution in [0.1, 0.15) is 109 Å². The van der Waals surface area contributed by atoms with Crippen LogP contribution >= 0.6 is 0 Å². The van der Waals surface area contributed by atoms with Gasteiger partial charge in [-0.15, -0.1) is 0 Å². The van der Waals surface area contributed by atoms with Crippen LogP contribution in [0, 0.1) is 13.8 Å². The summed E-state index contributed by atoms with van der Waals surface area (Å²) < 4.78 is 0. The summed E-state index contributed by atoms with van der Waals surface area (Å²) in [6.45, 7) is 23.6. The summed E-state index contributed by atoms with van der Waals surface area (Å²) in [6.07, 6.45) is 4.76. The first-order chi connectivity index (χ1) is 36.5. The van der Waals surface area contributed by atoms with Gasteiger partial charge < -0.3 is 14.7 Å². The SMILES string of the molecule is Cc1cc2c3c(c1)N(c1ccc(C(C)(C)C)cc1-c1ccccc1)c1ccc(-c4ccccc4)cc1B3c1ccc(N3c4ccc(-c5ccccc5C)cc4C4(C)CCCCC34C)cc1N2c1ccc(C(C)(C)C)cc1. The predicted molar refractivity (Wildman–Crippen MR) is 326 cm³/mol. The standard InChI is InChI=1S/C72H70BN3/c1-47-41-66-68-67(42-47)75(62-38-31-54(70(6,7)8)45-58(62)50-24-15-12-16-25-50)64-37-27-51(49-22-13-11-14-23-49)44-61(64)73(68)60-35-34-56(46-65(60)74(66)55-32-29-53(30-33-55)69(3,4)5)76-63-36-28-52(57-26-18-17-21-48(57)2)43-59(63)71(9)39-19-20-40-72(71,76)10/h11-18,21-38,41-46H,19-20,39-40H2,1-10H3. The average Bonchev–Trinajstić information content (AvgIpc) is 3.77. The van der Waals surface area contributed by atoms with Gasteiger partial charge in [0.2, 0.25) is 0 Å². The molecule has 3 nitrogen and oxygen atoms in total. The molecule has 376 valence electrons. The van der Waals surface area contributed by atoms with Crippen molar-refractivity contribution < 1.29 is 0 Å². The highest BCUT2D eigenvalue weighted by atomic mass is 15.3. The summed E-state index contributed by atoms with van der Waals surface area (Å²) in [5, 5.41) is 0. The molecule has 2 unspecified atom stereocenters. The van der Waals surface area contributed by atoms with Crippen molar-refractivity contribution in [1.29, 1.82) is 0 Å². The van der Waals surface area contributed by atoms with Crippen molar-refractivity contribution in [3.8, 4) is 33.4 Å². The lowest BCUT2D eigenvalue weighted by Gasteiger charge is -2.50. The van der Waals surface area contributed by atoms with Gasteiger partial charge in [0.15, 0.2) is 0 Å². The quantitative estimate of drug-likeness (QED) is 0.154. The lowest BCUT2D eigenvalue weighted by atomic mass is 9.33. The van der Waals surface area contributed by atoms with Crippen molar-refractivity contribution in [2.45, 2.75) is 117 Å². The number of fused-ring (bicyclic) bond motifs is 7. The predicted octanol–water partition coefficient (Wildman–Crippen LogP) is 17.7. The number of rotatable bonds is 6. The maximum atomic E-state index is 2.78. The van der Waals surface area contributed by atoms with Crippen molar-refractivity contribution in [3.05, 3.63) is 222 Å². The summed E-state index contributed by atoms with van der Waals surface area (Å²) >= 11 is 0. The number of hydrogen-bond acceptors (Lipinski definition) is 3. The third-order valence-electron chi connectivity index (χ3n) is 18.3. The molecule has 3 heterocycles. The normalized spacial score (nSPS) is 18.4. The van der Waals surface area contributed by atoms with E-state index in [1.54, 1.807) is 0 Å². The molecule has 0 amide bonds. The number of benzene rings is 9. The Morgan fingerprint density at radius 1 is 0.421 bits per heavy atom. The van der Waals surface area contributed by atoms with Gasteiger partial charge in [0, 0.05) is 50.8 Å². The van der Waals surface area contributed by atoms with Gasteiger partial charge in [-0.25, -0.2) is 0 Å². The van der Waals surface area contributed by atoms with Crippen LogP contribution in [0.3, 0.4) is 0 Å². The molecule has 0 N–H and O–H groups in total. The Kier molecular flexibility index (Phi) is 11.1. The van der Waals surface area contributed by atoms with Gasteiger partial charge in [-0.05, 0) is 183 Å². The second-order valence-electron chi connectivity index (χ2n) is 25.0. The van der Waals surface area contributed by atoms with Crippen LogP contribution in [0.25, 0.3) is 33.4 Å². The van der Waals surface area contributed by atoms with E-state index in [9.17, 15) is 0 Å². The van der Waals surface area contributed by atoms with Crippen molar-refractivity contribution >= 4 is 68.6 Å². The summed E-state index contributed by atoms with van der Waals surface area (Å²) in [7, 11) is 0. The van der Waals surface area contributed by atoms with Gasteiger partial charge in [-0.3, -0.25) is 0 Å². The van der Waals surface area contributed by atoms with E-state index in [0.717, 1.165) is 6.42 Å². The van der Waals surface area contributed by atoms with Crippen molar-refractivity contribution in [1.82, 2.24) is 0 Å². The van der Waals surface area contributed by atoms with Crippen LogP contribution in [0.4, 0.5) is 45.5 Å². The van der Waals surface area contributed by atoms with Gasteiger partial charge in [0.25, 0.3) is 6.71 Å². The van der Waals surface area contributed by atoms with Gasteiger partial charge in [0.1, 0.15) is 0 Å². The van der Waals surface area contributed by atoms with Crippen LogP contribution in [-0.2, 0) is 16.2 Å². The number of anilines is 8. The number of nitrogens with zero attached hydrogens (tertiary/aromatic N) is 3. The van der Waals surface area contributed by atoms with E-state index in [2.05, 4.69) is 278 Å². The molecule has 0 radical (unpaired) electrons. The Balaban J connectivity index is 1.08. The number of aryl methyl sites for hydroxylation is 2. The van der Waals surface area contributed by atoms with E-state index >= 15 is 0 Å². The van der Waals surface area contributed by atoms with Crippen LogP contribution in [0.5, 0.6) is 0 Å². The lowest BCUT2D eigenvalue weighted by molar-refractivity contribution is 0.195. The molecule has 3 aliphatic heterocycles. The fourth-order valence-corrected chi connectivity index (χ4v) is 14.0. The van der Waals surface area contributed by atoms with Crippen molar-refractivity contribution in [2.24, 2.45) is 0 Å². The van der Waals surface area contributed by atoms with E-state index in [1.807, 2.05) is 0 Å². The Bertz CT molecular complexity index is 3750. The monoisotopic (exact) mass is 988 g/mol. The minimum absolute atomic E-state index is 0.0169. The summed E-state index contributed by atoms with van der Waals surface area (Å²) in [6, 6.07) is 74.8. The zero-order chi connectivity index (χ0) is 52.5. The molecule has 0 saturated heterocycles. The smallest absolute Gasteiger partial charge is 0.252 e. The Morgan fingerprint density at radius 3 is 1.74 bits per heavy atom. The third-order valence-corrected chi connectivity index (χ3v) is 18.3. The van der Waals surface area contributed by atoms with E-state index in [1.165, 1.54) is 142 Å². The molecular weight excluding hydrogens is 918 g/mol. The average molecular weight is 988 g/mol. The molecule has 4 aliphatic rings. The maximum Gasteiger partial charge on any atom is 0.252 e. The van der Waals surface area contributed by atoms with Crippen LogP contribution in [-0.4, -0.2) is 12.3 Å². The van der Waals surface area contributed by atoms with Gasteiger partial charge in [-0.1, -0.05) is 189 Å². The minimum Gasteiger partial charge on any atom is -0.334 e. The second kappa shape index (κ2) is 17.5. The summed E-state index contributed by atoms with van der Waals surface area (Å²) in [5.41, 5.74) is 27.9. The minimum atomic E-state index is -0.122. The largest absolute Gasteiger partial charge is 0.334 e. The van der Waals surface area contributed by atoms with Gasteiger partial charge >= 0.3 is 0 Å². The molecule has 9 aromatic rings. The molecule has 2 atom stereocenters. The highest BCUT2D eigenvalue weighted by molar-refractivity contribution is 7.00. The summed E-state index contributed by atoms with van der Waals surface area (Å²) in [5.74, 6) is 0. The van der Waals surface area contributed by atoms with Crippen LogP contribution < -0.4 is 31.1 Å². The van der Waals surface area contributed by atoms with Crippen LogP contribution in [0.2, 0.25) is 0 Å². The topological polar surface area (TPSA) is 9.72 Å². The zero-order valence-electron chi connectivity index (χ0n) is 46.2. The molecule has 1 fully saturated rings. The first-order valence-electron chi connectivity index (χ1n) is 27.9. The van der Waals surface area contributed by atoms with E-state index in [0.29, 0.717) is 0 Å². The van der Waals surface area contributed by atoms with Crippen molar-refractivity contribution in [2.75, 3.05) is 14.7 Å². The molecule has 9 aromatic carbocycles. The molecule has 0 aromatic heterocycles. The van der Waals surface area contributed by atoms with Gasteiger partial charge in [-0.2, -0.15) is 0 Å². The van der Waals surface area contributed by atoms with Crippen LogP contribution in [0.15, 0.2) is 194 Å². The molecule has 76 heavy (non-hydrogen) atoms. The fourth-order valence-electron chi connectivity index (χ4n) is 14.0. The molecule has 13 rings (SSSR count). The molecule has 0 bridgehead atoms. The second-order valence-corrected chi connectivity index (χ2v) is 25.0.